The van der Waals surface area contributed by atoms with Crippen LogP contribution in [0.3, 0.4) is 0 Å². The molecule has 2 aromatic rings. The van der Waals surface area contributed by atoms with Crippen LogP contribution in [0.4, 0.5) is 5.95 Å². The third-order valence-corrected chi connectivity index (χ3v) is 7.74. The quantitative estimate of drug-likeness (QED) is 0.376. The lowest BCUT2D eigenvalue weighted by molar-refractivity contribution is -0.141. The molecule has 1 saturated heterocycles. The predicted octanol–water partition coefficient (Wildman–Crippen LogP) is 1.24. The molecule has 1 aromatic carbocycles. The number of nitrogens with zero attached hydrogens (tertiary/aromatic N) is 6. The number of carbonyl (C=O) groups excluding carboxylic acids is 1. The topological polar surface area (TPSA) is 120 Å². The van der Waals surface area contributed by atoms with Crippen molar-refractivity contribution in [1.82, 2.24) is 24.5 Å². The van der Waals surface area contributed by atoms with Crippen LogP contribution in [0.15, 0.2) is 18.2 Å². The molecule has 0 saturated carbocycles. The van der Waals surface area contributed by atoms with Gasteiger partial charge in [0.1, 0.15) is 5.75 Å². The Labute approximate surface area is 200 Å². The molecule has 0 radical (unpaired) electrons. The molecule has 34 heavy (non-hydrogen) atoms. The lowest BCUT2D eigenvalue weighted by Gasteiger charge is -2.30. The highest BCUT2D eigenvalue weighted by molar-refractivity contribution is 7.88. The second kappa shape index (κ2) is 10.7. The Kier molecular flexibility index (Phi) is 7.67. The first kappa shape index (κ1) is 24.4. The number of hydrogen-bond acceptors (Lipinski definition) is 9. The number of esters is 1. The molecule has 1 fully saturated rings. The van der Waals surface area contributed by atoms with Crippen LogP contribution in [-0.4, -0.2) is 78.5 Å². The maximum Gasteiger partial charge on any atom is 0.329 e. The number of piperidine rings is 1. The zero-order valence-corrected chi connectivity index (χ0v) is 20.5. The molecule has 0 unspecified atom stereocenters. The SMILES string of the molecule is COC(=O)Cn1nnc(N2CCC(CCCOc3ccc4c(c3)CCN(S(C)(=O)=O)C4)CC2)n1. The fourth-order valence-electron chi connectivity index (χ4n) is 4.47. The van der Waals surface area contributed by atoms with E-state index < -0.39 is 16.0 Å². The van der Waals surface area contributed by atoms with Crippen molar-refractivity contribution >= 4 is 21.9 Å². The van der Waals surface area contributed by atoms with Gasteiger partial charge in [-0.2, -0.15) is 9.10 Å². The Morgan fingerprint density at radius 3 is 2.71 bits per heavy atom. The van der Waals surface area contributed by atoms with Gasteiger partial charge in [-0.3, -0.25) is 0 Å². The number of methoxy groups -OCH3 is 1. The summed E-state index contributed by atoms with van der Waals surface area (Å²) in [5.74, 6) is 1.63. The first-order chi connectivity index (χ1) is 16.3. The number of anilines is 1. The lowest BCUT2D eigenvalue weighted by atomic mass is 9.92. The van der Waals surface area contributed by atoms with Crippen LogP contribution >= 0.6 is 0 Å². The number of ether oxygens (including phenoxy) is 2. The van der Waals surface area contributed by atoms with Gasteiger partial charge in [0.2, 0.25) is 10.0 Å². The number of carbonyl (C=O) groups is 1. The molecule has 1 aromatic heterocycles. The first-order valence-corrected chi connectivity index (χ1v) is 13.5. The minimum atomic E-state index is -3.16. The van der Waals surface area contributed by atoms with Gasteiger partial charge >= 0.3 is 5.97 Å². The van der Waals surface area contributed by atoms with E-state index >= 15 is 0 Å². The van der Waals surface area contributed by atoms with Crippen LogP contribution < -0.4 is 9.64 Å². The van der Waals surface area contributed by atoms with Crippen LogP contribution in [0.1, 0.15) is 36.8 Å². The Morgan fingerprint density at radius 1 is 1.18 bits per heavy atom. The van der Waals surface area contributed by atoms with Gasteiger partial charge in [-0.25, -0.2) is 13.2 Å². The third kappa shape index (κ3) is 6.23. The van der Waals surface area contributed by atoms with Crippen LogP contribution in [0.25, 0.3) is 0 Å². The van der Waals surface area contributed by atoms with E-state index in [1.807, 2.05) is 18.2 Å². The molecule has 2 aliphatic heterocycles. The summed E-state index contributed by atoms with van der Waals surface area (Å²) in [7, 11) is -1.83. The average molecular weight is 493 g/mol. The molecule has 0 spiro atoms. The molecule has 12 heteroatoms. The van der Waals surface area contributed by atoms with E-state index in [4.69, 9.17) is 4.74 Å². The van der Waals surface area contributed by atoms with E-state index in [1.165, 1.54) is 28.0 Å². The highest BCUT2D eigenvalue weighted by atomic mass is 32.2. The first-order valence-electron chi connectivity index (χ1n) is 11.6. The molecule has 2 aliphatic rings. The van der Waals surface area contributed by atoms with E-state index in [9.17, 15) is 13.2 Å². The molecule has 4 rings (SSSR count). The Hall–Kier alpha value is -2.73. The van der Waals surface area contributed by atoms with E-state index in [0.717, 1.165) is 50.1 Å². The summed E-state index contributed by atoms with van der Waals surface area (Å²) in [5.41, 5.74) is 2.22. The van der Waals surface area contributed by atoms with Crippen molar-refractivity contribution in [2.24, 2.45) is 5.92 Å². The van der Waals surface area contributed by atoms with Crippen LogP contribution in [0.2, 0.25) is 0 Å². The molecule has 0 amide bonds. The standard InChI is InChI=1S/C22H32N6O5S/c1-32-21(29)16-28-24-22(23-25-28)26-10-7-17(8-11-26)4-3-13-33-20-6-5-19-15-27(34(2,30)31)12-9-18(19)14-20/h5-6,14,17H,3-4,7-13,15-16H2,1-2H3. The van der Waals surface area contributed by atoms with Gasteiger partial charge in [-0.05, 0) is 66.5 Å². The fraction of sp³-hybridized carbons (Fsp3) is 0.636. The molecule has 0 atom stereocenters. The van der Waals surface area contributed by atoms with Gasteiger partial charge in [-0.1, -0.05) is 11.2 Å². The number of hydrogen-bond donors (Lipinski definition) is 0. The van der Waals surface area contributed by atoms with Crippen molar-refractivity contribution in [1.29, 1.82) is 0 Å². The Balaban J connectivity index is 1.16. The zero-order valence-electron chi connectivity index (χ0n) is 19.7. The summed E-state index contributed by atoms with van der Waals surface area (Å²) in [6.45, 7) is 3.31. The largest absolute Gasteiger partial charge is 0.494 e. The van der Waals surface area contributed by atoms with E-state index in [2.05, 4.69) is 25.0 Å². The molecular formula is C22H32N6O5S. The second-order valence-corrected chi connectivity index (χ2v) is 10.9. The second-order valence-electron chi connectivity index (χ2n) is 8.89. The molecular weight excluding hydrogens is 460 g/mol. The summed E-state index contributed by atoms with van der Waals surface area (Å²) < 4.78 is 35.7. The maximum absolute atomic E-state index is 11.8. The highest BCUT2D eigenvalue weighted by Gasteiger charge is 2.24. The van der Waals surface area contributed by atoms with E-state index in [-0.39, 0.29) is 6.54 Å². The van der Waals surface area contributed by atoms with Gasteiger partial charge in [-0.15, -0.1) is 5.10 Å². The van der Waals surface area contributed by atoms with Crippen molar-refractivity contribution in [3.63, 3.8) is 0 Å². The number of rotatable bonds is 9. The van der Waals surface area contributed by atoms with Gasteiger partial charge < -0.3 is 14.4 Å². The van der Waals surface area contributed by atoms with Crippen molar-refractivity contribution in [3.05, 3.63) is 29.3 Å². The average Bonchev–Trinajstić information content (AvgIpc) is 3.29. The maximum atomic E-state index is 11.8. The number of sulfonamides is 1. The lowest BCUT2D eigenvalue weighted by Crippen LogP contribution is -2.35. The van der Waals surface area contributed by atoms with Crippen molar-refractivity contribution in [2.75, 3.05) is 44.5 Å². The van der Waals surface area contributed by atoms with Crippen molar-refractivity contribution < 1.29 is 22.7 Å². The van der Waals surface area contributed by atoms with Gasteiger partial charge in [0.05, 0.1) is 20.0 Å². The van der Waals surface area contributed by atoms with Gasteiger partial charge in [0, 0.05) is 26.2 Å². The number of benzene rings is 1. The molecule has 11 nitrogen and oxygen atoms in total. The third-order valence-electron chi connectivity index (χ3n) is 6.49. The molecule has 0 bridgehead atoms. The number of fused-ring (bicyclic) bond motifs is 1. The number of tetrazole rings is 1. The normalized spacial score (nSPS) is 17.4. The molecule has 0 N–H and O–H groups in total. The molecule has 186 valence electrons. The summed E-state index contributed by atoms with van der Waals surface area (Å²) >= 11 is 0. The van der Waals surface area contributed by atoms with Crippen LogP contribution in [0.5, 0.6) is 5.75 Å². The summed E-state index contributed by atoms with van der Waals surface area (Å²) in [6, 6.07) is 5.96. The summed E-state index contributed by atoms with van der Waals surface area (Å²) in [5, 5.41) is 12.2. The Bertz CT molecular complexity index is 1100. The van der Waals surface area contributed by atoms with Crippen molar-refractivity contribution in [3.8, 4) is 5.75 Å². The minimum Gasteiger partial charge on any atom is -0.494 e. The van der Waals surface area contributed by atoms with E-state index in [0.29, 0.717) is 38.0 Å². The molecule has 3 heterocycles. The van der Waals surface area contributed by atoms with Crippen LogP contribution in [-0.2, 0) is 39.1 Å². The fourth-order valence-corrected chi connectivity index (χ4v) is 5.26. The summed E-state index contributed by atoms with van der Waals surface area (Å²) in [6.07, 6.45) is 6.17. The van der Waals surface area contributed by atoms with Crippen molar-refractivity contribution in [2.45, 2.75) is 45.2 Å². The minimum absolute atomic E-state index is 0.0384. The van der Waals surface area contributed by atoms with Crippen LogP contribution in [0, 0.1) is 5.92 Å². The molecule has 0 aliphatic carbocycles. The van der Waals surface area contributed by atoms with Gasteiger partial charge in [0.25, 0.3) is 5.95 Å². The Morgan fingerprint density at radius 2 is 1.97 bits per heavy atom. The van der Waals surface area contributed by atoms with E-state index in [1.54, 1.807) is 0 Å². The highest BCUT2D eigenvalue weighted by Crippen LogP contribution is 2.26. The predicted molar refractivity (Wildman–Crippen MR) is 125 cm³/mol. The summed E-state index contributed by atoms with van der Waals surface area (Å²) in [4.78, 5) is 14.7. The smallest absolute Gasteiger partial charge is 0.329 e. The monoisotopic (exact) mass is 492 g/mol. The number of aromatic nitrogens is 4. The zero-order chi connectivity index (χ0) is 24.1. The van der Waals surface area contributed by atoms with Gasteiger partial charge in [0.15, 0.2) is 6.54 Å².